The van der Waals surface area contributed by atoms with Crippen LogP contribution in [0.3, 0.4) is 0 Å². The number of carbonyl (C=O) groups is 2. The quantitative estimate of drug-likeness (QED) is 0.0822. The van der Waals surface area contributed by atoms with Crippen molar-refractivity contribution in [3.05, 3.63) is 155 Å². The number of esters is 2. The molecular weight excluding hydrogens is 596 g/mol. The van der Waals surface area contributed by atoms with E-state index in [0.717, 1.165) is 47.9 Å². The summed E-state index contributed by atoms with van der Waals surface area (Å²) in [6.07, 6.45) is 4.25. The van der Waals surface area contributed by atoms with Gasteiger partial charge in [0.2, 0.25) is 0 Å². The van der Waals surface area contributed by atoms with E-state index >= 15 is 0 Å². The first-order valence-electron chi connectivity index (χ1n) is 16.3. The van der Waals surface area contributed by atoms with Crippen molar-refractivity contribution in [2.45, 2.75) is 46.5 Å². The van der Waals surface area contributed by atoms with Crippen LogP contribution in [0.2, 0.25) is 0 Å². The fraction of sp³-hybridized carbons (Fsp3) is 0.238. The number of carbonyl (C=O) groups excluding carboxylic acids is 2. The van der Waals surface area contributed by atoms with Gasteiger partial charge in [-0.15, -0.1) is 0 Å². The van der Waals surface area contributed by atoms with Crippen molar-refractivity contribution in [2.75, 3.05) is 13.2 Å². The predicted octanol–water partition coefficient (Wildman–Crippen LogP) is 9.35. The van der Waals surface area contributed by atoms with Crippen LogP contribution < -0.4 is 0 Å². The number of hydrogen-bond donors (Lipinski definition) is 0. The molecule has 0 saturated heterocycles. The highest BCUT2D eigenvalue weighted by Crippen LogP contribution is 2.29. The van der Waals surface area contributed by atoms with Crippen molar-refractivity contribution in [2.24, 2.45) is 5.92 Å². The van der Waals surface area contributed by atoms with Crippen LogP contribution in [0.1, 0.15) is 68.7 Å². The van der Waals surface area contributed by atoms with Gasteiger partial charge in [0.1, 0.15) is 23.3 Å². The third-order valence-corrected chi connectivity index (χ3v) is 7.65. The first-order chi connectivity index (χ1) is 23.5. The van der Waals surface area contributed by atoms with E-state index in [4.69, 9.17) is 9.47 Å². The zero-order chi connectivity index (χ0) is 34.6. The largest absolute Gasteiger partial charge is 0.462 e. The molecule has 48 heavy (non-hydrogen) atoms. The molecule has 6 nitrogen and oxygen atoms in total. The van der Waals surface area contributed by atoms with Gasteiger partial charge in [-0.2, -0.15) is 10.5 Å². The first-order valence-corrected chi connectivity index (χ1v) is 16.3. The Bertz CT molecular complexity index is 1650. The summed E-state index contributed by atoms with van der Waals surface area (Å²) in [7, 11) is 0. The van der Waals surface area contributed by atoms with Crippen molar-refractivity contribution in [1.29, 1.82) is 10.5 Å². The Morgan fingerprint density at radius 1 is 0.583 bits per heavy atom. The van der Waals surface area contributed by atoms with Crippen molar-refractivity contribution in [3.63, 3.8) is 0 Å². The third-order valence-electron chi connectivity index (χ3n) is 7.65. The maximum atomic E-state index is 12.8. The maximum absolute atomic E-state index is 12.8. The Labute approximate surface area is 284 Å². The molecule has 4 aromatic carbocycles. The van der Waals surface area contributed by atoms with E-state index in [-0.39, 0.29) is 17.8 Å². The van der Waals surface area contributed by atoms with Crippen LogP contribution in [0.15, 0.2) is 132 Å². The average molecular weight is 639 g/mol. The topological polar surface area (TPSA) is 100 Å². The van der Waals surface area contributed by atoms with Gasteiger partial charge in [0.25, 0.3) is 0 Å². The van der Waals surface area contributed by atoms with Gasteiger partial charge in [-0.3, -0.25) is 0 Å². The molecule has 0 amide bonds. The summed E-state index contributed by atoms with van der Waals surface area (Å²) < 4.78 is 10.5. The van der Waals surface area contributed by atoms with Crippen LogP contribution in [-0.2, 0) is 19.1 Å². The van der Waals surface area contributed by atoms with E-state index in [9.17, 15) is 20.1 Å². The van der Waals surface area contributed by atoms with Gasteiger partial charge in [-0.05, 0) is 41.5 Å². The molecule has 0 aliphatic heterocycles. The molecule has 0 spiro atoms. The number of nitriles is 2. The number of nitrogens with zero attached hydrogens (tertiary/aromatic N) is 2. The zero-order valence-electron chi connectivity index (χ0n) is 27.9. The van der Waals surface area contributed by atoms with Crippen LogP contribution in [-0.4, -0.2) is 25.2 Å². The SMILES string of the molecule is CCCCC(CC)COC(=O)C(C#N)=C(c1ccccc1)c1ccccc1.CCOC(=O)C(C#N)=C(c1ccccc1)c1ccccc1. The molecular formula is C42H42N2O4. The van der Waals surface area contributed by atoms with Gasteiger partial charge in [0.15, 0.2) is 0 Å². The lowest BCUT2D eigenvalue weighted by Gasteiger charge is -2.16. The predicted molar refractivity (Wildman–Crippen MR) is 190 cm³/mol. The monoisotopic (exact) mass is 638 g/mol. The summed E-state index contributed by atoms with van der Waals surface area (Å²) >= 11 is 0. The minimum Gasteiger partial charge on any atom is -0.462 e. The molecule has 0 saturated carbocycles. The normalized spacial score (nSPS) is 10.5. The summed E-state index contributed by atoms with van der Waals surface area (Å²) in [5.41, 5.74) is 4.57. The summed E-state index contributed by atoms with van der Waals surface area (Å²) in [5.74, 6) is -0.802. The summed E-state index contributed by atoms with van der Waals surface area (Å²) in [6.45, 7) is 6.58. The van der Waals surface area contributed by atoms with Crippen molar-refractivity contribution >= 4 is 23.1 Å². The molecule has 0 radical (unpaired) electrons. The molecule has 1 atom stereocenters. The van der Waals surface area contributed by atoms with Crippen molar-refractivity contribution in [3.8, 4) is 12.1 Å². The summed E-state index contributed by atoms with van der Waals surface area (Å²) in [6, 6.07) is 41.9. The number of rotatable bonds is 13. The second kappa shape index (κ2) is 20.4. The molecule has 4 aromatic rings. The van der Waals surface area contributed by atoms with E-state index in [1.807, 2.05) is 127 Å². The van der Waals surface area contributed by atoms with Gasteiger partial charge < -0.3 is 9.47 Å². The van der Waals surface area contributed by atoms with Crippen molar-refractivity contribution < 1.29 is 19.1 Å². The minimum atomic E-state index is -0.595. The number of unbranched alkanes of at least 4 members (excludes halogenated alkanes) is 1. The van der Waals surface area contributed by atoms with Crippen molar-refractivity contribution in [1.82, 2.24) is 0 Å². The van der Waals surface area contributed by atoms with E-state index in [1.165, 1.54) is 0 Å². The standard InChI is InChI=1S/C24H27NO2.C18H15NO2/c1-3-5-12-19(4-2)18-27-24(26)22(17-25)23(20-13-8-6-9-14-20)21-15-10-7-11-16-21;1-2-21-18(20)16(13-19)17(14-9-5-3-6-10-14)15-11-7-4-8-12-15/h6-11,13-16,19H,3-5,12,18H2,1-2H3;3-12H,2H2,1H3. The summed E-state index contributed by atoms with van der Waals surface area (Å²) in [4.78, 5) is 24.8. The maximum Gasteiger partial charge on any atom is 0.349 e. The van der Waals surface area contributed by atoms with Gasteiger partial charge in [0.05, 0.1) is 13.2 Å². The fourth-order valence-corrected chi connectivity index (χ4v) is 5.10. The molecule has 0 aromatic heterocycles. The molecule has 0 bridgehead atoms. The van der Waals surface area contributed by atoms with Crippen LogP contribution in [0.25, 0.3) is 11.1 Å². The van der Waals surface area contributed by atoms with Gasteiger partial charge >= 0.3 is 11.9 Å². The highest BCUT2D eigenvalue weighted by atomic mass is 16.5. The second-order valence-corrected chi connectivity index (χ2v) is 10.9. The number of benzene rings is 4. The molecule has 0 heterocycles. The highest BCUT2D eigenvalue weighted by Gasteiger charge is 2.21. The lowest BCUT2D eigenvalue weighted by molar-refractivity contribution is -0.140. The van der Waals surface area contributed by atoms with Crippen LogP contribution in [0.5, 0.6) is 0 Å². The van der Waals surface area contributed by atoms with E-state index in [1.54, 1.807) is 6.92 Å². The Kier molecular flexibility index (Phi) is 15.6. The number of ether oxygens (including phenoxy) is 2. The number of hydrogen-bond acceptors (Lipinski definition) is 6. The molecule has 6 heteroatoms. The third kappa shape index (κ3) is 10.7. The molecule has 244 valence electrons. The molecule has 0 fully saturated rings. The minimum absolute atomic E-state index is 0.0225. The van der Waals surface area contributed by atoms with Gasteiger partial charge in [-0.1, -0.05) is 154 Å². The Morgan fingerprint density at radius 3 is 1.23 bits per heavy atom. The lowest BCUT2D eigenvalue weighted by Crippen LogP contribution is -2.16. The fourth-order valence-electron chi connectivity index (χ4n) is 5.10. The van der Waals surface area contributed by atoms with E-state index < -0.39 is 11.9 Å². The van der Waals surface area contributed by atoms with Crippen LogP contribution >= 0.6 is 0 Å². The van der Waals surface area contributed by atoms with Gasteiger partial charge in [0, 0.05) is 11.1 Å². The highest BCUT2D eigenvalue weighted by molar-refractivity contribution is 6.06. The Morgan fingerprint density at radius 2 is 0.938 bits per heavy atom. The van der Waals surface area contributed by atoms with Gasteiger partial charge in [-0.25, -0.2) is 9.59 Å². The summed E-state index contributed by atoms with van der Waals surface area (Å²) in [5, 5.41) is 19.2. The molecule has 1 unspecified atom stereocenters. The lowest BCUT2D eigenvalue weighted by atomic mass is 9.93. The molecule has 0 N–H and O–H groups in total. The average Bonchev–Trinajstić information content (AvgIpc) is 3.14. The molecule has 4 rings (SSSR count). The zero-order valence-corrected chi connectivity index (χ0v) is 27.9. The van der Waals surface area contributed by atoms with Crippen LogP contribution in [0, 0.1) is 28.6 Å². The Balaban J connectivity index is 0.000000269. The van der Waals surface area contributed by atoms with Crippen LogP contribution in [0.4, 0.5) is 0 Å². The van der Waals surface area contributed by atoms with E-state index in [2.05, 4.69) is 19.9 Å². The molecule has 0 aliphatic carbocycles. The molecule has 0 aliphatic rings. The Hall–Kier alpha value is -5.72. The first kappa shape index (κ1) is 36.7. The van der Waals surface area contributed by atoms with E-state index in [0.29, 0.717) is 23.7 Å². The second-order valence-electron chi connectivity index (χ2n) is 10.9. The smallest absolute Gasteiger partial charge is 0.349 e.